The van der Waals surface area contributed by atoms with Crippen molar-refractivity contribution in [1.29, 1.82) is 0 Å². The van der Waals surface area contributed by atoms with Crippen LogP contribution in [0.15, 0.2) is 0 Å². The molecule has 0 amide bonds. The van der Waals surface area contributed by atoms with E-state index in [4.69, 9.17) is 0 Å². The van der Waals surface area contributed by atoms with Crippen LogP contribution in [0.4, 0.5) is 0 Å². The maximum Gasteiger partial charge on any atom is 0.151 e. The summed E-state index contributed by atoms with van der Waals surface area (Å²) in [6.07, 6.45) is 4.95. The Hall–Kier alpha value is -0.130. The maximum atomic E-state index is 11.5. The second-order valence-corrected chi connectivity index (χ2v) is 8.59. The first-order valence-corrected chi connectivity index (χ1v) is 9.01. The van der Waals surface area contributed by atoms with Crippen LogP contribution in [0, 0.1) is 11.8 Å². The molecule has 0 aromatic heterocycles. The van der Waals surface area contributed by atoms with E-state index in [0.717, 1.165) is 24.8 Å². The van der Waals surface area contributed by atoms with Crippen molar-refractivity contribution in [3.8, 4) is 0 Å². The summed E-state index contributed by atoms with van der Waals surface area (Å²) < 4.78 is 23.0. The van der Waals surface area contributed by atoms with Crippen molar-refractivity contribution in [3.63, 3.8) is 0 Å². The van der Waals surface area contributed by atoms with Crippen LogP contribution in [0.5, 0.6) is 0 Å². The van der Waals surface area contributed by atoms with Crippen LogP contribution in [0.1, 0.15) is 25.7 Å². The maximum absolute atomic E-state index is 11.5. The molecule has 4 atom stereocenters. The fraction of sp³-hybridized carbons (Fsp3) is 1.00. The standard InChI is InChI=1S/C13H24N2O2S/c1-15(11-5-6-18(16,17)9-11)8-13-12-4-2-3-10(12)7-14-13/h10-14H,2-9H2,1H3. The van der Waals surface area contributed by atoms with Gasteiger partial charge in [0, 0.05) is 18.6 Å². The molecule has 1 saturated carbocycles. The monoisotopic (exact) mass is 272 g/mol. The van der Waals surface area contributed by atoms with Crippen LogP contribution < -0.4 is 5.32 Å². The first-order chi connectivity index (χ1) is 8.55. The highest BCUT2D eigenvalue weighted by Gasteiger charge is 2.40. The van der Waals surface area contributed by atoms with Crippen molar-refractivity contribution in [2.45, 2.75) is 37.8 Å². The molecule has 1 N–H and O–H groups in total. The summed E-state index contributed by atoms with van der Waals surface area (Å²) in [4.78, 5) is 2.28. The highest BCUT2D eigenvalue weighted by atomic mass is 32.2. The van der Waals surface area contributed by atoms with Gasteiger partial charge in [0.1, 0.15) is 0 Å². The van der Waals surface area contributed by atoms with Gasteiger partial charge >= 0.3 is 0 Å². The SMILES string of the molecule is CN(CC1NCC2CCCC21)C1CCS(=O)(=O)C1. The van der Waals surface area contributed by atoms with Crippen molar-refractivity contribution in [2.75, 3.05) is 31.6 Å². The molecule has 0 bridgehead atoms. The number of nitrogens with one attached hydrogen (secondary N) is 1. The zero-order valence-corrected chi connectivity index (χ0v) is 12.0. The Balaban J connectivity index is 1.57. The van der Waals surface area contributed by atoms with Crippen LogP contribution in [-0.4, -0.2) is 57.0 Å². The van der Waals surface area contributed by atoms with Crippen molar-refractivity contribution < 1.29 is 8.42 Å². The molecule has 3 rings (SSSR count). The van der Waals surface area contributed by atoms with Gasteiger partial charge in [-0.05, 0) is 44.7 Å². The second-order valence-electron chi connectivity index (χ2n) is 6.37. The lowest BCUT2D eigenvalue weighted by Crippen LogP contribution is -2.43. The molecule has 2 heterocycles. The van der Waals surface area contributed by atoms with E-state index in [1.54, 1.807) is 0 Å². The second kappa shape index (κ2) is 4.76. The molecule has 1 aliphatic carbocycles. The zero-order valence-electron chi connectivity index (χ0n) is 11.1. The first-order valence-electron chi connectivity index (χ1n) is 7.19. The fourth-order valence-electron chi connectivity index (χ4n) is 4.09. The van der Waals surface area contributed by atoms with Gasteiger partial charge in [0.2, 0.25) is 0 Å². The van der Waals surface area contributed by atoms with Crippen molar-refractivity contribution in [3.05, 3.63) is 0 Å². The summed E-state index contributed by atoms with van der Waals surface area (Å²) >= 11 is 0. The number of hydrogen-bond acceptors (Lipinski definition) is 4. The number of rotatable bonds is 3. The fourth-order valence-corrected chi connectivity index (χ4v) is 5.89. The summed E-state index contributed by atoms with van der Waals surface area (Å²) in [5.74, 6) is 2.47. The van der Waals surface area contributed by atoms with Crippen molar-refractivity contribution >= 4 is 9.84 Å². The third kappa shape index (κ3) is 2.45. The van der Waals surface area contributed by atoms with E-state index in [1.165, 1.54) is 25.8 Å². The third-order valence-electron chi connectivity index (χ3n) is 5.19. The molecule has 5 heteroatoms. The normalized spacial score (nSPS) is 42.6. The van der Waals surface area contributed by atoms with Gasteiger partial charge in [-0.15, -0.1) is 0 Å². The van der Waals surface area contributed by atoms with E-state index >= 15 is 0 Å². The van der Waals surface area contributed by atoms with Crippen LogP contribution in [0.3, 0.4) is 0 Å². The predicted molar refractivity (Wildman–Crippen MR) is 72.3 cm³/mol. The van der Waals surface area contributed by atoms with Crippen LogP contribution >= 0.6 is 0 Å². The Morgan fingerprint density at radius 3 is 2.83 bits per heavy atom. The zero-order chi connectivity index (χ0) is 12.8. The first kappa shape index (κ1) is 12.9. The quantitative estimate of drug-likeness (QED) is 0.812. The van der Waals surface area contributed by atoms with Gasteiger partial charge in [0.15, 0.2) is 9.84 Å². The summed E-state index contributed by atoms with van der Waals surface area (Å²) in [5.41, 5.74) is 0. The lowest BCUT2D eigenvalue weighted by molar-refractivity contribution is 0.217. The Bertz CT molecular complexity index is 409. The van der Waals surface area contributed by atoms with E-state index < -0.39 is 9.84 Å². The molecule has 3 fully saturated rings. The number of likely N-dealkylation sites (N-methyl/N-ethyl adjacent to an activating group) is 1. The van der Waals surface area contributed by atoms with Crippen LogP contribution in [0.25, 0.3) is 0 Å². The number of sulfone groups is 1. The molecular weight excluding hydrogens is 248 g/mol. The summed E-state index contributed by atoms with van der Waals surface area (Å²) in [5, 5.41) is 3.64. The molecule has 2 saturated heterocycles. The highest BCUT2D eigenvalue weighted by molar-refractivity contribution is 7.91. The van der Waals surface area contributed by atoms with E-state index in [0.29, 0.717) is 17.5 Å². The molecule has 104 valence electrons. The Morgan fingerprint density at radius 2 is 2.11 bits per heavy atom. The number of nitrogens with zero attached hydrogens (tertiary/aromatic N) is 1. The van der Waals surface area contributed by atoms with E-state index in [-0.39, 0.29) is 6.04 Å². The molecule has 0 spiro atoms. The summed E-state index contributed by atoms with van der Waals surface area (Å²) in [6, 6.07) is 0.836. The van der Waals surface area contributed by atoms with Gasteiger partial charge in [-0.25, -0.2) is 8.42 Å². The van der Waals surface area contributed by atoms with Crippen LogP contribution in [-0.2, 0) is 9.84 Å². The molecule has 0 aromatic carbocycles. The molecule has 2 aliphatic heterocycles. The highest BCUT2D eigenvalue weighted by Crippen LogP contribution is 2.38. The van der Waals surface area contributed by atoms with E-state index in [2.05, 4.69) is 17.3 Å². The smallest absolute Gasteiger partial charge is 0.151 e. The minimum absolute atomic E-state index is 0.247. The lowest BCUT2D eigenvalue weighted by Gasteiger charge is -2.29. The Morgan fingerprint density at radius 1 is 1.28 bits per heavy atom. The molecule has 18 heavy (non-hydrogen) atoms. The van der Waals surface area contributed by atoms with Gasteiger partial charge in [0.25, 0.3) is 0 Å². The predicted octanol–water partition coefficient (Wildman–Crippen LogP) is 0.493. The molecule has 0 radical (unpaired) electrons. The summed E-state index contributed by atoms with van der Waals surface area (Å²) in [7, 11) is -0.661. The van der Waals surface area contributed by atoms with Gasteiger partial charge in [0.05, 0.1) is 11.5 Å². The van der Waals surface area contributed by atoms with Gasteiger partial charge in [-0.1, -0.05) is 6.42 Å². The van der Waals surface area contributed by atoms with Gasteiger partial charge < -0.3 is 10.2 Å². The Kier molecular flexibility index (Phi) is 3.41. The average molecular weight is 272 g/mol. The van der Waals surface area contributed by atoms with Crippen molar-refractivity contribution in [1.82, 2.24) is 10.2 Å². The van der Waals surface area contributed by atoms with Crippen molar-refractivity contribution in [2.24, 2.45) is 11.8 Å². The largest absolute Gasteiger partial charge is 0.312 e. The molecule has 3 aliphatic rings. The third-order valence-corrected chi connectivity index (χ3v) is 6.94. The van der Waals surface area contributed by atoms with E-state index in [1.807, 2.05) is 0 Å². The molecule has 4 unspecified atom stereocenters. The van der Waals surface area contributed by atoms with Gasteiger partial charge in [-0.3, -0.25) is 0 Å². The molecule has 4 nitrogen and oxygen atoms in total. The van der Waals surface area contributed by atoms with Gasteiger partial charge in [-0.2, -0.15) is 0 Å². The minimum atomic E-state index is -2.75. The minimum Gasteiger partial charge on any atom is -0.312 e. The van der Waals surface area contributed by atoms with Crippen LogP contribution in [0.2, 0.25) is 0 Å². The average Bonchev–Trinajstić information content (AvgIpc) is 2.95. The topological polar surface area (TPSA) is 49.4 Å². The number of fused-ring (bicyclic) bond motifs is 1. The summed E-state index contributed by atoms with van der Waals surface area (Å²) in [6.45, 7) is 2.19. The van der Waals surface area contributed by atoms with E-state index in [9.17, 15) is 8.42 Å². The lowest BCUT2D eigenvalue weighted by atomic mass is 9.93. The Labute approximate surface area is 110 Å². The molecular formula is C13H24N2O2S. The number of hydrogen-bond donors (Lipinski definition) is 1. The molecule has 0 aromatic rings.